The van der Waals surface area contributed by atoms with Gasteiger partial charge in [-0.3, -0.25) is 13.9 Å². The van der Waals surface area contributed by atoms with Gasteiger partial charge in [0.1, 0.15) is 12.6 Å². The molecule has 0 aromatic heterocycles. The van der Waals surface area contributed by atoms with Crippen molar-refractivity contribution in [2.75, 3.05) is 23.7 Å². The molecule has 0 fully saturated rings. The van der Waals surface area contributed by atoms with E-state index in [4.69, 9.17) is 23.2 Å². The van der Waals surface area contributed by atoms with Crippen LogP contribution in [-0.4, -0.2) is 50.5 Å². The molecule has 0 unspecified atom stereocenters. The van der Waals surface area contributed by atoms with E-state index in [-0.39, 0.29) is 18.9 Å². The first-order valence-electron chi connectivity index (χ1n) is 12.3. The molecule has 0 heterocycles. The van der Waals surface area contributed by atoms with Gasteiger partial charge in [-0.2, -0.15) is 0 Å². The highest BCUT2D eigenvalue weighted by atomic mass is 127. The molecule has 7 nitrogen and oxygen atoms in total. The maximum atomic E-state index is 14.0. The minimum absolute atomic E-state index is 0.0177. The monoisotopic (exact) mass is 701 g/mol. The molecule has 2 amide bonds. The number of halogens is 3. The molecule has 3 aromatic rings. The number of carbonyl (C=O) groups excluding carboxylic acids is 2. The number of benzene rings is 3. The van der Waals surface area contributed by atoms with Gasteiger partial charge >= 0.3 is 0 Å². The summed E-state index contributed by atoms with van der Waals surface area (Å²) in [6.45, 7) is 1.87. The van der Waals surface area contributed by atoms with Crippen LogP contribution in [0.3, 0.4) is 0 Å². The van der Waals surface area contributed by atoms with Gasteiger partial charge in [-0.1, -0.05) is 66.5 Å². The molecule has 3 rings (SSSR count). The van der Waals surface area contributed by atoms with E-state index in [9.17, 15) is 18.0 Å². The highest BCUT2D eigenvalue weighted by molar-refractivity contribution is 14.1. The summed E-state index contributed by atoms with van der Waals surface area (Å²) in [5.74, 6) is -0.878. The number of sulfonamides is 1. The lowest BCUT2D eigenvalue weighted by atomic mass is 10.0. The first-order chi connectivity index (χ1) is 18.5. The van der Waals surface area contributed by atoms with Crippen molar-refractivity contribution in [3.63, 3.8) is 0 Å². The van der Waals surface area contributed by atoms with E-state index in [0.717, 1.165) is 26.1 Å². The number of carbonyl (C=O) groups is 2. The predicted molar refractivity (Wildman–Crippen MR) is 166 cm³/mol. The summed E-state index contributed by atoms with van der Waals surface area (Å²) in [7, 11) is -3.83. The first-order valence-corrected chi connectivity index (χ1v) is 16.0. The smallest absolute Gasteiger partial charge is 0.244 e. The van der Waals surface area contributed by atoms with Crippen LogP contribution < -0.4 is 9.62 Å². The Hall–Kier alpha value is -2.34. The molecule has 39 heavy (non-hydrogen) atoms. The lowest BCUT2D eigenvalue weighted by molar-refractivity contribution is -0.140. The van der Waals surface area contributed by atoms with Gasteiger partial charge in [-0.25, -0.2) is 8.42 Å². The molecule has 11 heteroatoms. The van der Waals surface area contributed by atoms with Crippen LogP contribution >= 0.6 is 45.8 Å². The van der Waals surface area contributed by atoms with Gasteiger partial charge in [0.25, 0.3) is 0 Å². The van der Waals surface area contributed by atoms with E-state index in [2.05, 4.69) is 27.9 Å². The summed E-state index contributed by atoms with van der Waals surface area (Å²) in [5.41, 5.74) is 1.79. The quantitative estimate of drug-likeness (QED) is 0.252. The zero-order chi connectivity index (χ0) is 28.6. The summed E-state index contributed by atoms with van der Waals surface area (Å²) in [5, 5.41) is 3.67. The Bertz CT molecular complexity index is 1390. The summed E-state index contributed by atoms with van der Waals surface area (Å²) in [4.78, 5) is 28.9. The van der Waals surface area contributed by atoms with Crippen molar-refractivity contribution in [2.24, 2.45) is 0 Å². The molecule has 0 saturated heterocycles. The second-order valence-corrected chi connectivity index (χ2v) is 13.0. The minimum atomic E-state index is -3.83. The second-order valence-electron chi connectivity index (χ2n) is 9.00. The largest absolute Gasteiger partial charge is 0.354 e. The molecule has 0 aliphatic heterocycles. The highest BCUT2D eigenvalue weighted by Gasteiger charge is 2.33. The maximum Gasteiger partial charge on any atom is 0.244 e. The standard InChI is InChI=1S/C28H30Cl2IN3O4S/c1-3-15-32-28(36)26(16-20-7-5-4-6-8-20)33(18-21-9-10-22(29)17-25(21)30)27(35)19-34(39(2,37)38)24-13-11-23(31)12-14-24/h4-14,17,26H,3,15-16,18-19H2,1-2H3,(H,32,36)/t26-/m1/s1. The van der Waals surface area contributed by atoms with E-state index in [1.54, 1.807) is 42.5 Å². The second kappa shape index (κ2) is 14.3. The molecule has 0 radical (unpaired) electrons. The van der Waals surface area contributed by atoms with Crippen molar-refractivity contribution >= 4 is 73.3 Å². The topological polar surface area (TPSA) is 86.8 Å². The normalized spacial score (nSPS) is 12.0. The third kappa shape index (κ3) is 9.09. The minimum Gasteiger partial charge on any atom is -0.354 e. The Balaban J connectivity index is 2.06. The number of nitrogens with one attached hydrogen (secondary N) is 1. The molecule has 0 aliphatic carbocycles. The third-order valence-corrected chi connectivity index (χ3v) is 8.42. The Morgan fingerprint density at radius 3 is 2.26 bits per heavy atom. The van der Waals surface area contributed by atoms with Crippen molar-refractivity contribution < 1.29 is 18.0 Å². The molecule has 0 spiro atoms. The van der Waals surface area contributed by atoms with E-state index in [0.29, 0.717) is 27.8 Å². The number of amides is 2. The average Bonchev–Trinajstić information content (AvgIpc) is 2.89. The van der Waals surface area contributed by atoms with Crippen LogP contribution in [0.25, 0.3) is 0 Å². The molecular weight excluding hydrogens is 672 g/mol. The van der Waals surface area contributed by atoms with Gasteiger partial charge in [-0.05, 0) is 76.5 Å². The highest BCUT2D eigenvalue weighted by Crippen LogP contribution is 2.25. The molecule has 1 N–H and O–H groups in total. The summed E-state index contributed by atoms with van der Waals surface area (Å²) >= 11 is 14.7. The van der Waals surface area contributed by atoms with Crippen molar-refractivity contribution in [1.82, 2.24) is 10.2 Å². The summed E-state index contributed by atoms with van der Waals surface area (Å²) < 4.78 is 27.6. The van der Waals surface area contributed by atoms with E-state index in [1.165, 1.54) is 4.90 Å². The molecule has 0 bridgehead atoms. The van der Waals surface area contributed by atoms with E-state index < -0.39 is 28.5 Å². The Labute approximate surface area is 253 Å². The van der Waals surface area contributed by atoms with Gasteiger partial charge in [-0.15, -0.1) is 0 Å². The van der Waals surface area contributed by atoms with E-state index >= 15 is 0 Å². The number of hydrogen-bond donors (Lipinski definition) is 1. The van der Waals surface area contributed by atoms with Gasteiger partial charge in [0.2, 0.25) is 21.8 Å². The van der Waals surface area contributed by atoms with Gasteiger partial charge in [0.15, 0.2) is 0 Å². The van der Waals surface area contributed by atoms with Crippen LogP contribution in [-0.2, 0) is 32.6 Å². The average molecular weight is 702 g/mol. The fourth-order valence-electron chi connectivity index (χ4n) is 3.97. The van der Waals surface area contributed by atoms with Crippen LogP contribution in [0.2, 0.25) is 10.0 Å². The zero-order valence-electron chi connectivity index (χ0n) is 21.6. The number of nitrogens with zero attached hydrogens (tertiary/aromatic N) is 2. The maximum absolute atomic E-state index is 14.0. The van der Waals surface area contributed by atoms with Crippen LogP contribution in [0.15, 0.2) is 72.8 Å². The van der Waals surface area contributed by atoms with Crippen molar-refractivity contribution in [2.45, 2.75) is 32.4 Å². The SMILES string of the molecule is CCCNC(=O)[C@@H](Cc1ccccc1)N(Cc1ccc(Cl)cc1Cl)C(=O)CN(c1ccc(I)cc1)S(C)(=O)=O. The molecule has 1 atom stereocenters. The van der Waals surface area contributed by atoms with Gasteiger partial charge in [0, 0.05) is 33.1 Å². The number of rotatable bonds is 12. The van der Waals surface area contributed by atoms with Crippen molar-refractivity contribution in [3.8, 4) is 0 Å². The van der Waals surface area contributed by atoms with Crippen LogP contribution in [0, 0.1) is 3.57 Å². The van der Waals surface area contributed by atoms with Gasteiger partial charge < -0.3 is 10.2 Å². The van der Waals surface area contributed by atoms with Crippen LogP contribution in [0.5, 0.6) is 0 Å². The molecule has 0 saturated carbocycles. The Kier molecular flexibility index (Phi) is 11.5. The Morgan fingerprint density at radius 1 is 1.00 bits per heavy atom. The summed E-state index contributed by atoms with van der Waals surface area (Å²) in [6.07, 6.45) is 2.00. The van der Waals surface area contributed by atoms with Crippen molar-refractivity contribution in [3.05, 3.63) is 97.5 Å². The Morgan fingerprint density at radius 2 is 1.67 bits per heavy atom. The fraction of sp³-hybridized carbons (Fsp3) is 0.286. The van der Waals surface area contributed by atoms with Crippen molar-refractivity contribution in [1.29, 1.82) is 0 Å². The molecule has 3 aromatic carbocycles. The van der Waals surface area contributed by atoms with E-state index in [1.807, 2.05) is 37.3 Å². The lowest BCUT2D eigenvalue weighted by Crippen LogP contribution is -2.53. The zero-order valence-corrected chi connectivity index (χ0v) is 26.1. The predicted octanol–water partition coefficient (Wildman–Crippen LogP) is 5.53. The molecule has 0 aliphatic rings. The summed E-state index contributed by atoms with van der Waals surface area (Å²) in [6, 6.07) is 20.2. The first kappa shape index (κ1) is 31.2. The molecule has 208 valence electrons. The van der Waals surface area contributed by atoms with Crippen LogP contribution in [0.4, 0.5) is 5.69 Å². The third-order valence-electron chi connectivity index (χ3n) is 5.97. The lowest BCUT2D eigenvalue weighted by Gasteiger charge is -2.33. The van der Waals surface area contributed by atoms with Gasteiger partial charge in [0.05, 0.1) is 11.9 Å². The molecular formula is C28H30Cl2IN3O4S. The number of anilines is 1. The number of hydrogen-bond acceptors (Lipinski definition) is 4. The fourth-order valence-corrected chi connectivity index (χ4v) is 5.65. The van der Waals surface area contributed by atoms with Crippen LogP contribution in [0.1, 0.15) is 24.5 Å².